The molecule has 0 spiro atoms. The topological polar surface area (TPSA) is 12.4 Å². The van der Waals surface area contributed by atoms with E-state index < -0.39 is 0 Å². The summed E-state index contributed by atoms with van der Waals surface area (Å²) in [6.45, 7) is 3.21. The molecule has 1 heterocycles. The van der Waals surface area contributed by atoms with Gasteiger partial charge in [-0.3, -0.25) is 4.99 Å². The van der Waals surface area contributed by atoms with E-state index in [0.717, 1.165) is 23.9 Å². The zero-order valence-corrected chi connectivity index (χ0v) is 9.09. The highest BCUT2D eigenvalue weighted by molar-refractivity contribution is 6.31. The molecule has 1 nitrogen and oxygen atoms in total. The van der Waals surface area contributed by atoms with Gasteiger partial charge in [-0.25, -0.2) is 0 Å². The van der Waals surface area contributed by atoms with Gasteiger partial charge in [0.2, 0.25) is 0 Å². The maximum atomic E-state index is 5.94. The maximum absolute atomic E-state index is 5.94. The Balaban J connectivity index is 2.23. The molecule has 0 saturated carbocycles. The average molecular weight is 208 g/mol. The van der Waals surface area contributed by atoms with Gasteiger partial charge in [0, 0.05) is 17.3 Å². The highest BCUT2D eigenvalue weighted by Gasteiger charge is 2.12. The SMILES string of the molecule is CC1CCC(c2cccc(Cl)c2)=NC1. The van der Waals surface area contributed by atoms with E-state index in [-0.39, 0.29) is 0 Å². The first kappa shape index (κ1) is 9.72. The van der Waals surface area contributed by atoms with Gasteiger partial charge >= 0.3 is 0 Å². The van der Waals surface area contributed by atoms with E-state index in [1.165, 1.54) is 17.7 Å². The first-order valence-electron chi connectivity index (χ1n) is 5.05. The van der Waals surface area contributed by atoms with Gasteiger partial charge in [0.1, 0.15) is 0 Å². The molecule has 2 rings (SSSR count). The average Bonchev–Trinajstić information content (AvgIpc) is 2.19. The molecule has 0 aliphatic carbocycles. The summed E-state index contributed by atoms with van der Waals surface area (Å²) in [6, 6.07) is 7.96. The van der Waals surface area contributed by atoms with Crippen LogP contribution in [0.4, 0.5) is 0 Å². The van der Waals surface area contributed by atoms with Crippen LogP contribution in [-0.2, 0) is 0 Å². The van der Waals surface area contributed by atoms with Crippen molar-refractivity contribution in [2.24, 2.45) is 10.9 Å². The summed E-state index contributed by atoms with van der Waals surface area (Å²) in [4.78, 5) is 4.58. The van der Waals surface area contributed by atoms with Gasteiger partial charge in [-0.15, -0.1) is 0 Å². The van der Waals surface area contributed by atoms with Crippen LogP contribution in [0.3, 0.4) is 0 Å². The van der Waals surface area contributed by atoms with Crippen LogP contribution in [0.1, 0.15) is 25.3 Å². The molecule has 1 aliphatic heterocycles. The van der Waals surface area contributed by atoms with E-state index in [0.29, 0.717) is 0 Å². The summed E-state index contributed by atoms with van der Waals surface area (Å²) < 4.78 is 0. The fraction of sp³-hybridized carbons (Fsp3) is 0.417. The van der Waals surface area contributed by atoms with Crippen LogP contribution < -0.4 is 0 Å². The predicted molar refractivity (Wildman–Crippen MR) is 61.3 cm³/mol. The Bertz CT molecular complexity index is 357. The molecule has 0 radical (unpaired) electrons. The number of aliphatic imine (C=N–C) groups is 1. The molecule has 0 aromatic heterocycles. The number of rotatable bonds is 1. The van der Waals surface area contributed by atoms with Crippen LogP contribution in [0.5, 0.6) is 0 Å². The van der Waals surface area contributed by atoms with Crippen LogP contribution in [0.2, 0.25) is 5.02 Å². The fourth-order valence-electron chi connectivity index (χ4n) is 1.72. The fourth-order valence-corrected chi connectivity index (χ4v) is 1.91. The smallest absolute Gasteiger partial charge is 0.0421 e. The van der Waals surface area contributed by atoms with Crippen LogP contribution in [0.25, 0.3) is 0 Å². The number of halogens is 1. The second-order valence-electron chi connectivity index (χ2n) is 3.94. The number of hydrogen-bond donors (Lipinski definition) is 0. The molecule has 1 aromatic rings. The molecular weight excluding hydrogens is 194 g/mol. The first-order valence-corrected chi connectivity index (χ1v) is 5.43. The van der Waals surface area contributed by atoms with Crippen LogP contribution in [-0.4, -0.2) is 12.3 Å². The second kappa shape index (κ2) is 4.14. The van der Waals surface area contributed by atoms with Crippen molar-refractivity contribution in [2.45, 2.75) is 19.8 Å². The molecule has 0 N–H and O–H groups in total. The second-order valence-corrected chi connectivity index (χ2v) is 4.38. The van der Waals surface area contributed by atoms with Crippen molar-refractivity contribution in [3.8, 4) is 0 Å². The lowest BCUT2D eigenvalue weighted by atomic mass is 9.96. The van der Waals surface area contributed by atoms with E-state index >= 15 is 0 Å². The van der Waals surface area contributed by atoms with E-state index in [9.17, 15) is 0 Å². The van der Waals surface area contributed by atoms with E-state index in [4.69, 9.17) is 11.6 Å². The lowest BCUT2D eigenvalue weighted by Gasteiger charge is -2.17. The van der Waals surface area contributed by atoms with Gasteiger partial charge in [0.15, 0.2) is 0 Å². The molecule has 0 amide bonds. The molecule has 0 saturated heterocycles. The molecule has 0 fully saturated rings. The highest BCUT2D eigenvalue weighted by atomic mass is 35.5. The molecule has 1 unspecified atom stereocenters. The minimum Gasteiger partial charge on any atom is -0.289 e. The molecule has 1 aromatic carbocycles. The summed E-state index contributed by atoms with van der Waals surface area (Å²) in [7, 11) is 0. The minimum absolute atomic E-state index is 0.734. The standard InChI is InChI=1S/C12H14ClN/c1-9-5-6-12(14-8-9)10-3-2-4-11(13)7-10/h2-4,7,9H,5-6,8H2,1H3. The molecule has 2 heteroatoms. The molecule has 14 heavy (non-hydrogen) atoms. The summed E-state index contributed by atoms with van der Waals surface area (Å²) in [5.74, 6) is 0.734. The lowest BCUT2D eigenvalue weighted by Crippen LogP contribution is -2.14. The van der Waals surface area contributed by atoms with Gasteiger partial charge in [0.05, 0.1) is 0 Å². The van der Waals surface area contributed by atoms with Crippen molar-refractivity contribution >= 4 is 17.3 Å². The third-order valence-electron chi connectivity index (χ3n) is 2.63. The Morgan fingerprint density at radius 2 is 2.29 bits per heavy atom. The highest BCUT2D eigenvalue weighted by Crippen LogP contribution is 2.19. The van der Waals surface area contributed by atoms with E-state index in [1.807, 2.05) is 18.2 Å². The van der Waals surface area contributed by atoms with Crippen molar-refractivity contribution in [2.75, 3.05) is 6.54 Å². The van der Waals surface area contributed by atoms with Crippen molar-refractivity contribution in [1.29, 1.82) is 0 Å². The Morgan fingerprint density at radius 3 is 2.93 bits per heavy atom. The zero-order valence-electron chi connectivity index (χ0n) is 8.33. The summed E-state index contributed by atoms with van der Waals surface area (Å²) >= 11 is 5.94. The number of nitrogens with zero attached hydrogens (tertiary/aromatic N) is 1. The van der Waals surface area contributed by atoms with Gasteiger partial charge in [0.25, 0.3) is 0 Å². The summed E-state index contributed by atoms with van der Waals surface area (Å²) in [5.41, 5.74) is 2.40. The molecule has 1 aliphatic rings. The third kappa shape index (κ3) is 2.16. The van der Waals surface area contributed by atoms with Gasteiger partial charge < -0.3 is 0 Å². The van der Waals surface area contributed by atoms with Crippen molar-refractivity contribution in [1.82, 2.24) is 0 Å². The van der Waals surface area contributed by atoms with Gasteiger partial charge in [-0.1, -0.05) is 30.7 Å². The van der Waals surface area contributed by atoms with E-state index in [2.05, 4.69) is 18.0 Å². The number of hydrogen-bond acceptors (Lipinski definition) is 1. The van der Waals surface area contributed by atoms with Crippen molar-refractivity contribution in [3.63, 3.8) is 0 Å². The predicted octanol–water partition coefficient (Wildman–Crippen LogP) is 3.56. The molecule has 0 bridgehead atoms. The Kier molecular flexibility index (Phi) is 2.87. The Morgan fingerprint density at radius 1 is 1.43 bits per heavy atom. The van der Waals surface area contributed by atoms with Gasteiger partial charge in [-0.2, -0.15) is 0 Å². The molecule has 74 valence electrons. The molecule has 1 atom stereocenters. The quantitative estimate of drug-likeness (QED) is 0.668. The lowest BCUT2D eigenvalue weighted by molar-refractivity contribution is 0.538. The van der Waals surface area contributed by atoms with E-state index in [1.54, 1.807) is 0 Å². The summed E-state index contributed by atoms with van der Waals surface area (Å²) in [5, 5.41) is 0.795. The zero-order chi connectivity index (χ0) is 9.97. The van der Waals surface area contributed by atoms with Crippen LogP contribution in [0, 0.1) is 5.92 Å². The minimum atomic E-state index is 0.734. The molecular formula is C12H14ClN. The maximum Gasteiger partial charge on any atom is 0.0421 e. The monoisotopic (exact) mass is 207 g/mol. The van der Waals surface area contributed by atoms with Crippen molar-refractivity contribution in [3.05, 3.63) is 34.9 Å². The van der Waals surface area contributed by atoms with Crippen LogP contribution in [0.15, 0.2) is 29.3 Å². The normalized spacial score (nSPS) is 21.9. The third-order valence-corrected chi connectivity index (χ3v) is 2.86. The Labute approximate surface area is 89.8 Å². The van der Waals surface area contributed by atoms with Crippen molar-refractivity contribution < 1.29 is 0 Å². The number of benzene rings is 1. The first-order chi connectivity index (χ1) is 6.75. The largest absolute Gasteiger partial charge is 0.289 e. The van der Waals surface area contributed by atoms with Crippen LogP contribution >= 0.6 is 11.6 Å². The Hall–Kier alpha value is -0.820. The van der Waals surface area contributed by atoms with Gasteiger partial charge in [-0.05, 0) is 36.5 Å². The summed E-state index contributed by atoms with van der Waals surface area (Å²) in [6.07, 6.45) is 2.33.